The molecule has 298 valence electrons. The zero-order chi connectivity index (χ0) is 41.9. The fourth-order valence-electron chi connectivity index (χ4n) is 8.65. The summed E-state index contributed by atoms with van der Waals surface area (Å²) in [4.78, 5) is 15.5. The molecule has 2 heterocycles. The molecular weight excluding hydrogens is 729 g/mol. The Morgan fingerprint density at radius 2 is 0.533 bits per heavy atom. The Kier molecular flexibility index (Phi) is 9.51. The first-order valence-corrected chi connectivity index (χ1v) is 21.2. The highest BCUT2D eigenvalue weighted by Gasteiger charge is 2.50. The Labute approximate surface area is 356 Å². The first kappa shape index (κ1) is 39.0. The molecule has 0 saturated heterocycles. The minimum Gasteiger partial charge on any atom is -0.318 e. The molecule has 0 N–H and O–H groups in total. The Morgan fingerprint density at radius 3 is 0.850 bits per heavy atom. The van der Waals surface area contributed by atoms with E-state index in [-0.39, 0.29) is 22.2 Å². The van der Waals surface area contributed by atoms with Crippen molar-refractivity contribution in [2.24, 2.45) is 9.98 Å². The molecule has 60 heavy (non-hydrogen) atoms. The number of hydrogen-bond donors (Lipinski definition) is 0. The first-order chi connectivity index (χ1) is 28.7. The third-order valence-electron chi connectivity index (χ3n) is 13.5. The molecule has 0 aromatic heterocycles. The molecule has 0 unspecified atom stereocenters. The molecule has 0 amide bonds. The SMILES string of the molecule is CC1(C)N=C(c2ccc(-c3cc(-c4ccc(C5=NC(C)(C)C(C)(C)N5c5ccccc5)cc4)cc(-c4ccc(-c5ccccc5)cc4)c3)cc2)N(c2ccccc2)C1(C)C. The van der Waals surface area contributed by atoms with Gasteiger partial charge >= 0.3 is 0 Å². The van der Waals surface area contributed by atoms with E-state index in [1.165, 1.54) is 22.3 Å². The van der Waals surface area contributed by atoms with E-state index in [1.54, 1.807) is 0 Å². The van der Waals surface area contributed by atoms with Gasteiger partial charge in [-0.25, -0.2) is 0 Å². The Morgan fingerprint density at radius 1 is 0.283 bits per heavy atom. The van der Waals surface area contributed by atoms with E-state index in [0.717, 1.165) is 56.4 Å². The van der Waals surface area contributed by atoms with Gasteiger partial charge in [-0.3, -0.25) is 9.98 Å². The van der Waals surface area contributed by atoms with Crippen molar-refractivity contribution in [3.05, 3.63) is 193 Å². The summed E-state index contributed by atoms with van der Waals surface area (Å²) in [5.74, 6) is 2.00. The number of benzene rings is 7. The lowest BCUT2D eigenvalue weighted by atomic mass is 9.83. The van der Waals surface area contributed by atoms with Crippen molar-refractivity contribution < 1.29 is 0 Å². The number of hydrogen-bond acceptors (Lipinski definition) is 4. The van der Waals surface area contributed by atoms with Crippen molar-refractivity contribution in [1.82, 2.24) is 0 Å². The lowest BCUT2D eigenvalue weighted by Gasteiger charge is -2.41. The molecule has 2 aliphatic rings. The minimum absolute atomic E-state index is 0.214. The molecule has 0 saturated carbocycles. The molecule has 4 nitrogen and oxygen atoms in total. The highest BCUT2D eigenvalue weighted by Crippen LogP contribution is 2.44. The first-order valence-electron chi connectivity index (χ1n) is 21.2. The Hall–Kier alpha value is -6.52. The van der Waals surface area contributed by atoms with Gasteiger partial charge in [0.15, 0.2) is 0 Å². The minimum atomic E-state index is -0.276. The van der Waals surface area contributed by atoms with Gasteiger partial charge in [0, 0.05) is 22.5 Å². The van der Waals surface area contributed by atoms with Crippen LogP contribution in [0.5, 0.6) is 0 Å². The average Bonchev–Trinajstić information content (AvgIpc) is 3.59. The maximum Gasteiger partial charge on any atom is 0.136 e. The van der Waals surface area contributed by atoms with Crippen LogP contribution in [0.4, 0.5) is 11.4 Å². The summed E-state index contributed by atoms with van der Waals surface area (Å²) < 4.78 is 0. The smallest absolute Gasteiger partial charge is 0.136 e. The number of anilines is 2. The molecule has 0 spiro atoms. The van der Waals surface area contributed by atoms with Gasteiger partial charge in [-0.2, -0.15) is 0 Å². The zero-order valence-corrected chi connectivity index (χ0v) is 36.1. The van der Waals surface area contributed by atoms with E-state index in [9.17, 15) is 0 Å². The van der Waals surface area contributed by atoms with Crippen molar-refractivity contribution in [2.75, 3.05) is 9.80 Å². The molecule has 0 atom stereocenters. The number of rotatable bonds is 8. The standard InChI is InChI=1S/C56H54N4/c1-53(2)55(5,6)59(49-20-14-10-15-21-49)51(57-53)44-32-28-42(29-33-44)47-36-46(41-26-24-40(25-27-41)39-18-12-9-13-19-39)37-48(38-47)43-30-34-45(35-31-43)52-58-54(3,4)56(7,8)60(52)50-22-16-11-17-23-50/h9-38H,1-8H3. The third kappa shape index (κ3) is 6.74. The van der Waals surface area contributed by atoms with Gasteiger partial charge in [0.1, 0.15) is 11.7 Å². The van der Waals surface area contributed by atoms with Gasteiger partial charge in [-0.05, 0) is 142 Å². The van der Waals surface area contributed by atoms with Gasteiger partial charge in [-0.1, -0.05) is 140 Å². The molecule has 2 aliphatic heterocycles. The van der Waals surface area contributed by atoms with E-state index < -0.39 is 0 Å². The molecule has 0 radical (unpaired) electrons. The number of aliphatic imine (C=N–C) groups is 2. The van der Waals surface area contributed by atoms with Gasteiger partial charge < -0.3 is 9.80 Å². The van der Waals surface area contributed by atoms with Gasteiger partial charge in [0.25, 0.3) is 0 Å². The van der Waals surface area contributed by atoms with Crippen molar-refractivity contribution in [1.29, 1.82) is 0 Å². The summed E-state index contributed by atoms with van der Waals surface area (Å²) >= 11 is 0. The van der Waals surface area contributed by atoms with Crippen LogP contribution < -0.4 is 9.80 Å². The molecule has 0 fully saturated rings. The second-order valence-electron chi connectivity index (χ2n) is 18.3. The predicted octanol–water partition coefficient (Wildman–Crippen LogP) is 14.0. The summed E-state index contributed by atoms with van der Waals surface area (Å²) in [6.07, 6.45) is 0. The van der Waals surface area contributed by atoms with Crippen LogP contribution in [0.2, 0.25) is 0 Å². The molecule has 0 aliphatic carbocycles. The number of para-hydroxylation sites is 2. The van der Waals surface area contributed by atoms with E-state index in [1.807, 2.05) is 0 Å². The molecule has 0 bridgehead atoms. The molecular formula is C56H54N4. The zero-order valence-electron chi connectivity index (χ0n) is 36.1. The van der Waals surface area contributed by atoms with Gasteiger partial charge in [-0.15, -0.1) is 0 Å². The summed E-state index contributed by atoms with van der Waals surface area (Å²) in [5.41, 5.74) is 13.0. The summed E-state index contributed by atoms with van der Waals surface area (Å²) in [6.45, 7) is 18.1. The molecule has 9 rings (SSSR count). The highest BCUT2D eigenvalue weighted by atomic mass is 15.3. The topological polar surface area (TPSA) is 31.2 Å². The van der Waals surface area contributed by atoms with Crippen molar-refractivity contribution in [3.8, 4) is 44.5 Å². The van der Waals surface area contributed by atoms with Crippen LogP contribution in [-0.2, 0) is 0 Å². The van der Waals surface area contributed by atoms with Crippen molar-refractivity contribution in [3.63, 3.8) is 0 Å². The largest absolute Gasteiger partial charge is 0.318 e. The molecule has 7 aromatic rings. The fraction of sp³-hybridized carbons (Fsp3) is 0.214. The van der Waals surface area contributed by atoms with Crippen molar-refractivity contribution >= 4 is 23.0 Å². The van der Waals surface area contributed by atoms with Crippen LogP contribution in [0, 0.1) is 0 Å². The van der Waals surface area contributed by atoms with Crippen LogP contribution in [0.1, 0.15) is 66.5 Å². The maximum absolute atomic E-state index is 5.34. The lowest BCUT2D eigenvalue weighted by Crippen LogP contribution is -2.53. The quantitative estimate of drug-likeness (QED) is 0.154. The predicted molar refractivity (Wildman–Crippen MR) is 255 cm³/mol. The van der Waals surface area contributed by atoms with Crippen LogP contribution in [0.25, 0.3) is 44.5 Å². The normalized spacial score (nSPS) is 17.3. The molecule has 4 heteroatoms. The summed E-state index contributed by atoms with van der Waals surface area (Å²) in [5, 5.41) is 0. The van der Waals surface area contributed by atoms with E-state index >= 15 is 0 Å². The second kappa shape index (κ2) is 14.6. The van der Waals surface area contributed by atoms with E-state index in [0.29, 0.717) is 0 Å². The fourth-order valence-corrected chi connectivity index (χ4v) is 8.65. The van der Waals surface area contributed by atoms with Crippen LogP contribution >= 0.6 is 0 Å². The van der Waals surface area contributed by atoms with E-state index in [2.05, 4.69) is 247 Å². The van der Waals surface area contributed by atoms with Crippen LogP contribution in [0.3, 0.4) is 0 Å². The number of amidine groups is 2. The summed E-state index contributed by atoms with van der Waals surface area (Å²) in [6, 6.07) is 65.8. The highest BCUT2D eigenvalue weighted by molar-refractivity contribution is 6.14. The lowest BCUT2D eigenvalue weighted by molar-refractivity contribution is 0.338. The second-order valence-corrected chi connectivity index (χ2v) is 18.3. The van der Waals surface area contributed by atoms with Crippen LogP contribution in [-0.4, -0.2) is 33.8 Å². The Bertz CT molecular complexity index is 2560. The maximum atomic E-state index is 5.34. The summed E-state index contributed by atoms with van der Waals surface area (Å²) in [7, 11) is 0. The number of nitrogens with zero attached hydrogens (tertiary/aromatic N) is 4. The molecule has 7 aromatic carbocycles. The Balaban J connectivity index is 1.10. The monoisotopic (exact) mass is 782 g/mol. The van der Waals surface area contributed by atoms with Gasteiger partial charge in [0.05, 0.1) is 22.2 Å². The van der Waals surface area contributed by atoms with Gasteiger partial charge in [0.2, 0.25) is 0 Å². The average molecular weight is 783 g/mol. The van der Waals surface area contributed by atoms with E-state index in [4.69, 9.17) is 9.98 Å². The van der Waals surface area contributed by atoms with Crippen molar-refractivity contribution in [2.45, 2.75) is 77.5 Å². The third-order valence-corrected chi connectivity index (χ3v) is 13.5. The van der Waals surface area contributed by atoms with Crippen LogP contribution in [0.15, 0.2) is 192 Å².